The number of rotatable bonds is 8. The third-order valence-electron chi connectivity index (χ3n) is 6.72. The van der Waals surface area contributed by atoms with Crippen molar-refractivity contribution in [2.24, 2.45) is 7.05 Å². The van der Waals surface area contributed by atoms with Gasteiger partial charge in [0.25, 0.3) is 5.56 Å². The van der Waals surface area contributed by atoms with E-state index in [9.17, 15) is 14.7 Å². The van der Waals surface area contributed by atoms with Gasteiger partial charge in [0.1, 0.15) is 11.3 Å². The van der Waals surface area contributed by atoms with E-state index < -0.39 is 11.3 Å². The van der Waals surface area contributed by atoms with Crippen molar-refractivity contribution in [3.63, 3.8) is 0 Å². The van der Waals surface area contributed by atoms with Gasteiger partial charge in [-0.05, 0) is 54.5 Å². The maximum absolute atomic E-state index is 13.2. The number of hydrogen-bond donors (Lipinski definition) is 1. The summed E-state index contributed by atoms with van der Waals surface area (Å²) in [6, 6.07) is 37.3. The largest absolute Gasteiger partial charge is 0.506 e. The molecule has 5 rings (SSSR count). The van der Waals surface area contributed by atoms with Crippen LogP contribution in [0.4, 0.5) is 11.4 Å². The van der Waals surface area contributed by atoms with E-state index in [0.29, 0.717) is 17.3 Å². The number of fused-ring (bicyclic) bond motifs is 1. The van der Waals surface area contributed by atoms with Crippen LogP contribution in [0, 0.1) is 0 Å². The normalized spacial score (nSPS) is 12.0. The molecule has 0 aliphatic carbocycles. The summed E-state index contributed by atoms with van der Waals surface area (Å²) in [5, 5.41) is 11.3. The molecule has 5 nitrogen and oxygen atoms in total. The molecular weight excluding hydrogens is 472 g/mol. The van der Waals surface area contributed by atoms with Crippen molar-refractivity contribution in [1.29, 1.82) is 0 Å². The number of carbonyl (C=O) groups is 1. The van der Waals surface area contributed by atoms with E-state index in [2.05, 4.69) is 41.3 Å². The molecule has 188 valence electrons. The highest BCUT2D eigenvalue weighted by Crippen LogP contribution is 2.37. The fourth-order valence-corrected chi connectivity index (χ4v) is 4.84. The summed E-state index contributed by atoms with van der Waals surface area (Å²) in [6.45, 7) is 0. The Morgan fingerprint density at radius 3 is 1.95 bits per heavy atom. The Labute approximate surface area is 221 Å². The molecule has 38 heavy (non-hydrogen) atoms. The fourth-order valence-electron chi connectivity index (χ4n) is 4.84. The zero-order valence-electron chi connectivity index (χ0n) is 21.1. The fraction of sp³-hybridized carbons (Fsp3) is 0.0909. The number of pyridine rings is 1. The van der Waals surface area contributed by atoms with Gasteiger partial charge in [-0.2, -0.15) is 0 Å². The van der Waals surface area contributed by atoms with Crippen LogP contribution in [0.3, 0.4) is 0 Å². The average Bonchev–Trinajstić information content (AvgIpc) is 2.97. The van der Waals surface area contributed by atoms with E-state index in [1.54, 1.807) is 37.4 Å². The number of nitrogens with zero attached hydrogens (tertiary/aromatic N) is 2. The molecule has 0 bridgehead atoms. The summed E-state index contributed by atoms with van der Waals surface area (Å²) in [6.07, 6.45) is 3.68. The van der Waals surface area contributed by atoms with Crippen molar-refractivity contribution in [3.05, 3.63) is 149 Å². The van der Waals surface area contributed by atoms with Crippen LogP contribution in [-0.2, 0) is 7.05 Å². The van der Waals surface area contributed by atoms with Crippen LogP contribution in [0.25, 0.3) is 10.9 Å². The monoisotopic (exact) mass is 500 g/mol. The molecule has 1 unspecified atom stereocenters. The zero-order chi connectivity index (χ0) is 26.5. The smallest absolute Gasteiger partial charge is 0.265 e. The number of para-hydroxylation sites is 3. The quantitative estimate of drug-likeness (QED) is 0.185. The maximum Gasteiger partial charge on any atom is 0.265 e. The number of hydrogen-bond acceptors (Lipinski definition) is 4. The van der Waals surface area contributed by atoms with Crippen molar-refractivity contribution in [2.45, 2.75) is 12.5 Å². The van der Waals surface area contributed by atoms with Crippen LogP contribution >= 0.6 is 0 Å². The van der Waals surface area contributed by atoms with Crippen LogP contribution < -0.4 is 10.5 Å². The summed E-state index contributed by atoms with van der Waals surface area (Å²) >= 11 is 0. The predicted octanol–water partition coefficient (Wildman–Crippen LogP) is 6.95. The molecule has 0 fully saturated rings. The van der Waals surface area contributed by atoms with Gasteiger partial charge in [0.05, 0.1) is 11.6 Å². The van der Waals surface area contributed by atoms with E-state index in [1.165, 1.54) is 10.6 Å². The van der Waals surface area contributed by atoms with Crippen molar-refractivity contribution < 1.29 is 9.90 Å². The number of aryl methyl sites for hydroxylation is 1. The van der Waals surface area contributed by atoms with Crippen molar-refractivity contribution >= 4 is 28.1 Å². The Kier molecular flexibility index (Phi) is 7.18. The van der Waals surface area contributed by atoms with Crippen LogP contribution in [0.15, 0.2) is 132 Å². The van der Waals surface area contributed by atoms with Gasteiger partial charge in [-0.1, -0.05) is 84.9 Å². The van der Waals surface area contributed by atoms with E-state index >= 15 is 0 Å². The lowest BCUT2D eigenvalue weighted by atomic mass is 9.99. The summed E-state index contributed by atoms with van der Waals surface area (Å²) in [5.41, 5.74) is 2.96. The van der Waals surface area contributed by atoms with E-state index in [0.717, 1.165) is 16.9 Å². The second-order valence-corrected chi connectivity index (χ2v) is 9.07. The van der Waals surface area contributed by atoms with Gasteiger partial charge in [0, 0.05) is 23.8 Å². The second kappa shape index (κ2) is 11.0. The minimum Gasteiger partial charge on any atom is -0.506 e. The van der Waals surface area contributed by atoms with Crippen LogP contribution in [-0.4, -0.2) is 15.5 Å². The summed E-state index contributed by atoms with van der Waals surface area (Å²) in [4.78, 5) is 28.5. The Morgan fingerprint density at radius 2 is 1.34 bits per heavy atom. The standard InChI is InChI=1S/C33H28N2O3/c1-34-29-21-12-11-20-27(29)32(37)31(33(34)38)30(36)23-13-22-28(24-14-5-2-6-15-24)35(25-16-7-3-8-17-25)26-18-9-4-10-19-26/h2-21,23,28,37H,22H2,1H3/b23-13+. The number of carbonyl (C=O) groups excluding carboxylic acids is 1. The van der Waals surface area contributed by atoms with Crippen molar-refractivity contribution in [3.8, 4) is 5.75 Å². The number of benzene rings is 4. The SMILES string of the molecule is Cn1c(=O)c(C(=O)/C=C/CC(c2ccccc2)N(c2ccccc2)c2ccccc2)c(O)c2ccccc21. The minimum atomic E-state index is -0.523. The predicted molar refractivity (Wildman–Crippen MR) is 153 cm³/mol. The molecule has 1 heterocycles. The van der Waals surface area contributed by atoms with Gasteiger partial charge >= 0.3 is 0 Å². The van der Waals surface area contributed by atoms with E-state index in [1.807, 2.05) is 54.6 Å². The molecular formula is C33H28N2O3. The number of aromatic hydroxyl groups is 1. The molecule has 0 aliphatic heterocycles. The Hall–Kier alpha value is -4.90. The number of ketones is 1. The first kappa shape index (κ1) is 24.8. The molecule has 0 amide bonds. The lowest BCUT2D eigenvalue weighted by Gasteiger charge is -2.34. The summed E-state index contributed by atoms with van der Waals surface area (Å²) < 4.78 is 1.40. The highest BCUT2D eigenvalue weighted by molar-refractivity contribution is 6.09. The molecule has 0 saturated heterocycles. The Morgan fingerprint density at radius 1 is 0.816 bits per heavy atom. The van der Waals surface area contributed by atoms with Gasteiger partial charge in [-0.25, -0.2) is 0 Å². The number of aromatic nitrogens is 1. The number of anilines is 2. The summed E-state index contributed by atoms with van der Waals surface area (Å²) in [7, 11) is 1.60. The van der Waals surface area contributed by atoms with Crippen LogP contribution in [0.2, 0.25) is 0 Å². The minimum absolute atomic E-state index is 0.127. The van der Waals surface area contributed by atoms with Crippen LogP contribution in [0.1, 0.15) is 28.4 Å². The molecule has 0 spiro atoms. The van der Waals surface area contributed by atoms with Gasteiger partial charge in [-0.3, -0.25) is 9.59 Å². The number of allylic oxidation sites excluding steroid dienone is 1. The molecule has 5 heteroatoms. The maximum atomic E-state index is 13.2. The first-order chi connectivity index (χ1) is 18.6. The van der Waals surface area contributed by atoms with Gasteiger partial charge < -0.3 is 14.6 Å². The second-order valence-electron chi connectivity index (χ2n) is 9.07. The van der Waals surface area contributed by atoms with Gasteiger partial charge in [0.15, 0.2) is 5.78 Å². The third kappa shape index (κ3) is 4.87. The first-order valence-electron chi connectivity index (χ1n) is 12.5. The molecule has 1 aromatic heterocycles. The Balaban J connectivity index is 1.53. The first-order valence-corrected chi connectivity index (χ1v) is 12.5. The molecule has 5 aromatic rings. The highest BCUT2D eigenvalue weighted by Gasteiger charge is 2.23. The lowest BCUT2D eigenvalue weighted by molar-refractivity contribution is 0.104. The van der Waals surface area contributed by atoms with Crippen molar-refractivity contribution in [1.82, 2.24) is 4.57 Å². The topological polar surface area (TPSA) is 62.5 Å². The van der Waals surface area contributed by atoms with E-state index in [-0.39, 0.29) is 17.4 Å². The molecule has 0 radical (unpaired) electrons. The Bertz CT molecular complexity index is 1600. The summed E-state index contributed by atoms with van der Waals surface area (Å²) in [5.74, 6) is -0.806. The molecule has 0 aliphatic rings. The van der Waals surface area contributed by atoms with Gasteiger partial charge in [-0.15, -0.1) is 0 Å². The van der Waals surface area contributed by atoms with Gasteiger partial charge in [0.2, 0.25) is 0 Å². The third-order valence-corrected chi connectivity index (χ3v) is 6.72. The zero-order valence-corrected chi connectivity index (χ0v) is 21.1. The highest BCUT2D eigenvalue weighted by atomic mass is 16.3. The van der Waals surface area contributed by atoms with Crippen molar-refractivity contribution in [2.75, 3.05) is 4.90 Å². The van der Waals surface area contributed by atoms with Crippen LogP contribution in [0.5, 0.6) is 5.75 Å². The molecule has 4 aromatic carbocycles. The lowest BCUT2D eigenvalue weighted by Crippen LogP contribution is -2.24. The molecule has 0 saturated carbocycles. The average molecular weight is 501 g/mol. The molecule has 1 N–H and O–H groups in total. The van der Waals surface area contributed by atoms with E-state index in [4.69, 9.17) is 0 Å². The molecule has 1 atom stereocenters.